The molecule has 146 valence electrons. The van der Waals surface area contributed by atoms with Crippen molar-refractivity contribution in [1.82, 2.24) is 15.2 Å². The molecule has 0 saturated carbocycles. The van der Waals surface area contributed by atoms with E-state index in [0.717, 1.165) is 15.8 Å². The van der Waals surface area contributed by atoms with Crippen LogP contribution in [0, 0.1) is 0 Å². The Kier molecular flexibility index (Phi) is 6.13. The number of hydrogen-bond donors (Lipinski definition) is 2. The normalized spacial score (nSPS) is 10.8. The van der Waals surface area contributed by atoms with Gasteiger partial charge in [0.1, 0.15) is 0 Å². The summed E-state index contributed by atoms with van der Waals surface area (Å²) in [4.78, 5) is 28.6. The van der Waals surface area contributed by atoms with Gasteiger partial charge in [-0.3, -0.25) is 9.59 Å². The molecule has 0 aliphatic heterocycles. The third-order valence-corrected chi connectivity index (χ3v) is 6.65. The second-order valence-corrected chi connectivity index (χ2v) is 9.14. The van der Waals surface area contributed by atoms with Crippen molar-refractivity contribution in [2.24, 2.45) is 0 Å². The average molecular weight is 442 g/mol. The van der Waals surface area contributed by atoms with Gasteiger partial charge in [-0.1, -0.05) is 76.9 Å². The highest BCUT2D eigenvalue weighted by Crippen LogP contribution is 2.27. The monoisotopic (exact) mass is 441 g/mol. The molecule has 29 heavy (non-hydrogen) atoms. The first kappa shape index (κ1) is 19.5. The van der Waals surface area contributed by atoms with Crippen molar-refractivity contribution in [1.29, 1.82) is 0 Å². The quantitative estimate of drug-likeness (QED) is 0.332. The van der Waals surface area contributed by atoms with Gasteiger partial charge in [-0.25, -0.2) is 4.98 Å². The van der Waals surface area contributed by atoms with Crippen LogP contribution in [0.5, 0.6) is 0 Å². The number of fused-ring (bicyclic) bond motifs is 1. The van der Waals surface area contributed by atoms with E-state index >= 15 is 0 Å². The van der Waals surface area contributed by atoms with E-state index in [1.165, 1.54) is 34.4 Å². The Morgan fingerprint density at radius 1 is 0.862 bits per heavy atom. The molecule has 7 nitrogen and oxygen atoms in total. The fourth-order valence-corrected chi connectivity index (χ4v) is 4.92. The predicted molar refractivity (Wildman–Crippen MR) is 118 cm³/mol. The summed E-state index contributed by atoms with van der Waals surface area (Å²) in [5, 5.41) is 14.5. The summed E-state index contributed by atoms with van der Waals surface area (Å²) in [6.07, 6.45) is 0.271. The first-order valence-corrected chi connectivity index (χ1v) is 11.2. The molecule has 2 heterocycles. The zero-order valence-corrected chi connectivity index (χ0v) is 17.4. The van der Waals surface area contributed by atoms with Crippen LogP contribution in [0.3, 0.4) is 0 Å². The Morgan fingerprint density at radius 2 is 1.62 bits per heavy atom. The van der Waals surface area contributed by atoms with Crippen LogP contribution in [-0.2, 0) is 16.0 Å². The average Bonchev–Trinajstić information content (AvgIpc) is 3.33. The van der Waals surface area contributed by atoms with Crippen molar-refractivity contribution in [2.45, 2.75) is 10.8 Å². The number of para-hydroxylation sites is 1. The second-order valence-electron chi connectivity index (χ2n) is 5.91. The molecule has 2 aromatic heterocycles. The molecule has 0 spiro atoms. The van der Waals surface area contributed by atoms with Crippen LogP contribution in [-0.4, -0.2) is 32.7 Å². The topological polar surface area (TPSA) is 96.9 Å². The molecule has 0 fully saturated rings. The fourth-order valence-electron chi connectivity index (χ4n) is 2.47. The maximum absolute atomic E-state index is 12.2. The van der Waals surface area contributed by atoms with E-state index in [2.05, 4.69) is 25.8 Å². The summed E-state index contributed by atoms with van der Waals surface area (Å²) in [5.41, 5.74) is 1.79. The zero-order valence-electron chi connectivity index (χ0n) is 15.0. The van der Waals surface area contributed by atoms with Crippen molar-refractivity contribution in [3.05, 3.63) is 60.2 Å². The molecule has 4 aromatic rings. The third-order valence-electron chi connectivity index (χ3n) is 3.73. The molecule has 10 heteroatoms. The summed E-state index contributed by atoms with van der Waals surface area (Å²) in [6.45, 7) is 0. The van der Waals surface area contributed by atoms with Gasteiger partial charge >= 0.3 is 0 Å². The second kappa shape index (κ2) is 9.12. The molecule has 0 aliphatic rings. The van der Waals surface area contributed by atoms with Crippen molar-refractivity contribution < 1.29 is 9.59 Å². The van der Waals surface area contributed by atoms with Crippen LogP contribution in [0.1, 0.15) is 5.56 Å². The minimum atomic E-state index is -0.168. The van der Waals surface area contributed by atoms with Gasteiger partial charge in [-0.15, -0.1) is 10.2 Å². The van der Waals surface area contributed by atoms with Gasteiger partial charge < -0.3 is 10.6 Å². The highest BCUT2D eigenvalue weighted by Gasteiger charge is 2.12. The van der Waals surface area contributed by atoms with E-state index in [9.17, 15) is 9.59 Å². The van der Waals surface area contributed by atoms with Gasteiger partial charge in [0, 0.05) is 0 Å². The third kappa shape index (κ3) is 5.37. The SMILES string of the molecule is O=C(Cc1ccccc1)Nc1nnc(SCC(=O)Nc2nc3ccccc3s2)s1. The number of carbonyl (C=O) groups is 2. The van der Waals surface area contributed by atoms with Crippen molar-refractivity contribution in [3.63, 3.8) is 0 Å². The Labute approximate surface area is 178 Å². The van der Waals surface area contributed by atoms with Crippen LogP contribution in [0.15, 0.2) is 58.9 Å². The number of rotatable bonds is 7. The number of nitrogens with zero attached hydrogens (tertiary/aromatic N) is 3. The van der Waals surface area contributed by atoms with Gasteiger partial charge in [0.15, 0.2) is 9.47 Å². The lowest BCUT2D eigenvalue weighted by atomic mass is 10.1. The number of benzene rings is 2. The molecule has 2 N–H and O–H groups in total. The largest absolute Gasteiger partial charge is 0.301 e. The van der Waals surface area contributed by atoms with E-state index in [1.807, 2.05) is 54.6 Å². The summed E-state index contributed by atoms with van der Waals surface area (Å²) < 4.78 is 1.63. The van der Waals surface area contributed by atoms with Gasteiger partial charge in [0.2, 0.25) is 16.9 Å². The molecule has 4 rings (SSSR count). The highest BCUT2D eigenvalue weighted by molar-refractivity contribution is 8.01. The van der Waals surface area contributed by atoms with E-state index < -0.39 is 0 Å². The number of thiazole rings is 1. The van der Waals surface area contributed by atoms with E-state index in [4.69, 9.17) is 0 Å². The van der Waals surface area contributed by atoms with E-state index in [1.54, 1.807) is 0 Å². The highest BCUT2D eigenvalue weighted by atomic mass is 32.2. The Morgan fingerprint density at radius 3 is 2.45 bits per heavy atom. The van der Waals surface area contributed by atoms with Gasteiger partial charge in [0.25, 0.3) is 0 Å². The maximum atomic E-state index is 12.2. The summed E-state index contributed by atoms with van der Waals surface area (Å²) >= 11 is 3.94. The Hall–Kier alpha value is -2.82. The smallest absolute Gasteiger partial charge is 0.236 e. The fraction of sp³-hybridized carbons (Fsp3) is 0.105. The molecule has 0 bridgehead atoms. The number of amides is 2. The number of carbonyl (C=O) groups excluding carboxylic acids is 2. The number of hydrogen-bond acceptors (Lipinski definition) is 8. The van der Waals surface area contributed by atoms with Crippen molar-refractivity contribution in [2.75, 3.05) is 16.4 Å². The molecule has 0 atom stereocenters. The predicted octanol–water partition coefficient (Wildman–Crippen LogP) is 4.06. The van der Waals surface area contributed by atoms with Crippen molar-refractivity contribution in [3.8, 4) is 0 Å². The van der Waals surface area contributed by atoms with Gasteiger partial charge in [-0.2, -0.15) is 0 Å². The Balaban J connectivity index is 1.26. The summed E-state index contributed by atoms with van der Waals surface area (Å²) in [5.74, 6) is -0.140. The van der Waals surface area contributed by atoms with Crippen LogP contribution in [0.2, 0.25) is 0 Å². The first-order valence-electron chi connectivity index (χ1n) is 8.61. The van der Waals surface area contributed by atoms with Gasteiger partial charge in [0.05, 0.1) is 22.4 Å². The minimum Gasteiger partial charge on any atom is -0.301 e. The number of aromatic nitrogens is 3. The molecular formula is C19H15N5O2S3. The molecular weight excluding hydrogens is 426 g/mol. The lowest BCUT2D eigenvalue weighted by Crippen LogP contribution is -2.14. The Bertz CT molecular complexity index is 1110. The number of thioether (sulfide) groups is 1. The lowest BCUT2D eigenvalue weighted by molar-refractivity contribution is -0.115. The zero-order chi connectivity index (χ0) is 20.1. The first-order chi connectivity index (χ1) is 14.2. The van der Waals surface area contributed by atoms with Crippen LogP contribution < -0.4 is 10.6 Å². The van der Waals surface area contributed by atoms with Gasteiger partial charge in [-0.05, 0) is 17.7 Å². The van der Waals surface area contributed by atoms with E-state index in [0.29, 0.717) is 14.6 Å². The number of nitrogens with one attached hydrogen (secondary N) is 2. The minimum absolute atomic E-state index is 0.155. The van der Waals surface area contributed by atoms with Crippen LogP contribution in [0.25, 0.3) is 10.2 Å². The summed E-state index contributed by atoms with van der Waals surface area (Å²) in [7, 11) is 0. The molecule has 0 radical (unpaired) electrons. The van der Waals surface area contributed by atoms with Crippen molar-refractivity contribution >= 4 is 66.7 Å². The lowest BCUT2D eigenvalue weighted by Gasteiger charge is -2.01. The maximum Gasteiger partial charge on any atom is 0.236 e. The van der Waals surface area contributed by atoms with E-state index in [-0.39, 0.29) is 24.0 Å². The molecule has 0 saturated heterocycles. The van der Waals surface area contributed by atoms with Crippen LogP contribution in [0.4, 0.5) is 10.3 Å². The molecule has 2 amide bonds. The van der Waals surface area contributed by atoms with Crippen LogP contribution >= 0.6 is 34.4 Å². The summed E-state index contributed by atoms with van der Waals surface area (Å²) in [6, 6.07) is 17.2. The standard InChI is InChI=1S/C19H15N5O2S3/c25-15(10-12-6-2-1-3-7-12)21-18-23-24-19(29-18)27-11-16(26)22-17-20-13-8-4-5-9-14(13)28-17/h1-9H,10-11H2,(H,20,22,26)(H,21,23,25). The number of anilines is 2. The molecule has 0 aliphatic carbocycles. The molecule has 0 unspecified atom stereocenters. The molecule has 2 aromatic carbocycles.